The van der Waals surface area contributed by atoms with Crippen LogP contribution in [0.1, 0.15) is 21.7 Å². The van der Waals surface area contributed by atoms with Gasteiger partial charge >= 0.3 is 0 Å². The lowest BCUT2D eigenvalue weighted by atomic mass is 10.1. The van der Waals surface area contributed by atoms with Crippen LogP contribution >= 0.6 is 0 Å². The highest BCUT2D eigenvalue weighted by Crippen LogP contribution is 2.29. The van der Waals surface area contributed by atoms with E-state index in [-0.39, 0.29) is 5.91 Å². The number of aryl methyl sites for hydroxylation is 1. The quantitative estimate of drug-likeness (QED) is 0.704. The van der Waals surface area contributed by atoms with Crippen LogP contribution in [-0.4, -0.2) is 32.1 Å². The van der Waals surface area contributed by atoms with Gasteiger partial charge in [0.15, 0.2) is 5.76 Å². The third-order valence-corrected chi connectivity index (χ3v) is 4.26. The predicted octanol–water partition coefficient (Wildman–Crippen LogP) is 4.03. The minimum absolute atomic E-state index is 0.150. The first-order chi connectivity index (χ1) is 12.0. The van der Waals surface area contributed by atoms with Crippen LogP contribution in [0.2, 0.25) is 0 Å². The Labute approximate surface area is 146 Å². The second-order valence-electron chi connectivity index (χ2n) is 5.93. The van der Waals surface area contributed by atoms with Gasteiger partial charge in [-0.25, -0.2) is 0 Å². The van der Waals surface area contributed by atoms with Crippen LogP contribution in [0.4, 0.5) is 0 Å². The number of carbonyl (C=O) groups is 1. The zero-order valence-electron chi connectivity index (χ0n) is 14.8. The summed E-state index contributed by atoms with van der Waals surface area (Å²) in [6.07, 6.45) is 0. The zero-order valence-corrected chi connectivity index (χ0v) is 14.8. The smallest absolute Gasteiger partial charge is 0.289 e. The minimum Gasteiger partial charge on any atom is -0.497 e. The molecule has 0 saturated heterocycles. The molecular weight excluding hydrogens is 318 g/mol. The number of benzene rings is 2. The van der Waals surface area contributed by atoms with Gasteiger partial charge in [-0.1, -0.05) is 12.1 Å². The first-order valence-corrected chi connectivity index (χ1v) is 7.99. The maximum atomic E-state index is 12.8. The molecule has 2 aromatic carbocycles. The molecule has 0 saturated carbocycles. The van der Waals surface area contributed by atoms with Gasteiger partial charge < -0.3 is 18.8 Å². The van der Waals surface area contributed by atoms with Crippen LogP contribution in [0.25, 0.3) is 11.0 Å². The third kappa shape index (κ3) is 3.31. The Morgan fingerprint density at radius 1 is 1.04 bits per heavy atom. The summed E-state index contributed by atoms with van der Waals surface area (Å²) in [4.78, 5) is 14.4. The molecule has 1 aromatic heterocycles. The van der Waals surface area contributed by atoms with Crippen molar-refractivity contribution in [2.75, 3.05) is 21.3 Å². The second kappa shape index (κ2) is 6.89. The van der Waals surface area contributed by atoms with Crippen molar-refractivity contribution in [3.05, 3.63) is 59.4 Å². The Balaban J connectivity index is 1.83. The summed E-state index contributed by atoms with van der Waals surface area (Å²) in [5.41, 5.74) is 2.52. The standard InChI is InChI=1S/C20H21NO4/c1-13-17-11-16(24-4)9-10-18(17)25-19(13)20(22)21(2)12-14-5-7-15(23-3)8-6-14/h5-11H,12H2,1-4H3. The van der Waals surface area contributed by atoms with Gasteiger partial charge in [0.05, 0.1) is 14.2 Å². The summed E-state index contributed by atoms with van der Waals surface area (Å²) < 4.78 is 16.2. The SMILES string of the molecule is COc1ccc(CN(C)C(=O)c2oc3ccc(OC)cc3c2C)cc1. The van der Waals surface area contributed by atoms with Crippen LogP contribution in [-0.2, 0) is 6.54 Å². The Kier molecular flexibility index (Phi) is 4.65. The maximum Gasteiger partial charge on any atom is 0.289 e. The molecule has 0 aliphatic rings. The fourth-order valence-corrected chi connectivity index (χ4v) is 2.78. The number of ether oxygens (including phenoxy) is 2. The highest BCUT2D eigenvalue weighted by molar-refractivity contribution is 5.99. The van der Waals surface area contributed by atoms with Crippen LogP contribution in [0.3, 0.4) is 0 Å². The van der Waals surface area contributed by atoms with Gasteiger partial charge in [-0.05, 0) is 42.8 Å². The fourth-order valence-electron chi connectivity index (χ4n) is 2.78. The normalized spacial score (nSPS) is 10.7. The molecule has 0 spiro atoms. The van der Waals surface area contributed by atoms with E-state index in [2.05, 4.69) is 0 Å². The van der Waals surface area contributed by atoms with E-state index < -0.39 is 0 Å². The lowest BCUT2D eigenvalue weighted by Gasteiger charge is -2.16. The molecule has 130 valence electrons. The first kappa shape index (κ1) is 16.9. The molecular formula is C20H21NO4. The van der Waals surface area contributed by atoms with Gasteiger partial charge in [0.1, 0.15) is 17.1 Å². The van der Waals surface area contributed by atoms with Crippen LogP contribution < -0.4 is 9.47 Å². The van der Waals surface area contributed by atoms with Gasteiger partial charge in [-0.3, -0.25) is 4.79 Å². The van der Waals surface area contributed by atoms with Gasteiger partial charge in [-0.15, -0.1) is 0 Å². The minimum atomic E-state index is -0.150. The van der Waals surface area contributed by atoms with E-state index in [1.54, 1.807) is 26.2 Å². The Morgan fingerprint density at radius 2 is 1.68 bits per heavy atom. The van der Waals surface area contributed by atoms with E-state index >= 15 is 0 Å². The summed E-state index contributed by atoms with van der Waals surface area (Å²) >= 11 is 0. The lowest BCUT2D eigenvalue weighted by Crippen LogP contribution is -2.26. The van der Waals surface area contributed by atoms with Crippen molar-refractivity contribution in [1.29, 1.82) is 0 Å². The number of nitrogens with zero attached hydrogens (tertiary/aromatic N) is 1. The molecule has 0 aliphatic carbocycles. The molecule has 0 fully saturated rings. The lowest BCUT2D eigenvalue weighted by molar-refractivity contribution is 0.0755. The third-order valence-electron chi connectivity index (χ3n) is 4.26. The molecule has 0 aliphatic heterocycles. The molecule has 1 amide bonds. The van der Waals surface area contributed by atoms with Crippen molar-refractivity contribution in [2.24, 2.45) is 0 Å². The molecule has 0 atom stereocenters. The average molecular weight is 339 g/mol. The van der Waals surface area contributed by atoms with E-state index in [1.807, 2.05) is 49.4 Å². The van der Waals surface area contributed by atoms with E-state index in [1.165, 1.54) is 0 Å². The number of furan rings is 1. The largest absolute Gasteiger partial charge is 0.497 e. The molecule has 0 unspecified atom stereocenters. The molecule has 3 rings (SSSR count). The number of hydrogen-bond acceptors (Lipinski definition) is 4. The van der Waals surface area contributed by atoms with E-state index in [0.29, 0.717) is 17.9 Å². The monoisotopic (exact) mass is 339 g/mol. The van der Waals surface area contributed by atoms with Crippen molar-refractivity contribution < 1.29 is 18.7 Å². The van der Waals surface area contributed by atoms with Gasteiger partial charge in [-0.2, -0.15) is 0 Å². The molecule has 3 aromatic rings. The predicted molar refractivity (Wildman–Crippen MR) is 96.3 cm³/mol. The van der Waals surface area contributed by atoms with Crippen molar-refractivity contribution in [3.8, 4) is 11.5 Å². The topological polar surface area (TPSA) is 51.9 Å². The molecule has 25 heavy (non-hydrogen) atoms. The Morgan fingerprint density at radius 3 is 2.32 bits per heavy atom. The average Bonchev–Trinajstić information content (AvgIpc) is 2.97. The second-order valence-corrected chi connectivity index (χ2v) is 5.93. The fraction of sp³-hybridized carbons (Fsp3) is 0.250. The highest BCUT2D eigenvalue weighted by atomic mass is 16.5. The summed E-state index contributed by atoms with van der Waals surface area (Å²) in [6, 6.07) is 13.2. The Hall–Kier alpha value is -2.95. The van der Waals surface area contributed by atoms with Crippen molar-refractivity contribution >= 4 is 16.9 Å². The van der Waals surface area contributed by atoms with E-state index in [9.17, 15) is 4.79 Å². The molecule has 0 N–H and O–H groups in total. The van der Waals surface area contributed by atoms with E-state index in [0.717, 1.165) is 28.0 Å². The van der Waals surface area contributed by atoms with Crippen LogP contribution in [0.15, 0.2) is 46.9 Å². The van der Waals surface area contributed by atoms with Crippen LogP contribution in [0.5, 0.6) is 11.5 Å². The van der Waals surface area contributed by atoms with Gasteiger partial charge in [0.2, 0.25) is 0 Å². The zero-order chi connectivity index (χ0) is 18.0. The molecule has 5 heteroatoms. The summed E-state index contributed by atoms with van der Waals surface area (Å²) in [5, 5.41) is 0.889. The number of fused-ring (bicyclic) bond motifs is 1. The molecule has 0 radical (unpaired) electrons. The number of hydrogen-bond donors (Lipinski definition) is 0. The van der Waals surface area contributed by atoms with Crippen molar-refractivity contribution in [3.63, 3.8) is 0 Å². The molecule has 1 heterocycles. The van der Waals surface area contributed by atoms with Gasteiger partial charge in [0.25, 0.3) is 5.91 Å². The first-order valence-electron chi connectivity index (χ1n) is 7.99. The number of methoxy groups -OCH3 is 2. The number of amides is 1. The Bertz CT molecular complexity index is 896. The molecule has 5 nitrogen and oxygen atoms in total. The number of rotatable bonds is 5. The molecule has 0 bridgehead atoms. The summed E-state index contributed by atoms with van der Waals surface area (Å²) in [7, 11) is 5.01. The number of carbonyl (C=O) groups excluding carboxylic acids is 1. The van der Waals surface area contributed by atoms with Crippen LogP contribution in [0, 0.1) is 6.92 Å². The highest BCUT2D eigenvalue weighted by Gasteiger charge is 2.21. The van der Waals surface area contributed by atoms with Gasteiger partial charge in [0, 0.05) is 24.5 Å². The van der Waals surface area contributed by atoms with Crippen molar-refractivity contribution in [1.82, 2.24) is 4.90 Å². The van der Waals surface area contributed by atoms with E-state index in [4.69, 9.17) is 13.9 Å². The summed E-state index contributed by atoms with van der Waals surface area (Å²) in [6.45, 7) is 2.38. The van der Waals surface area contributed by atoms with Crippen molar-refractivity contribution in [2.45, 2.75) is 13.5 Å². The maximum absolute atomic E-state index is 12.8. The summed E-state index contributed by atoms with van der Waals surface area (Å²) in [5.74, 6) is 1.74.